The molecule has 6 heteroatoms. The van der Waals surface area contributed by atoms with Gasteiger partial charge in [0.2, 0.25) is 0 Å². The van der Waals surface area contributed by atoms with Gasteiger partial charge < -0.3 is 10.4 Å². The minimum Gasteiger partial charge on any atom is -0.396 e. The van der Waals surface area contributed by atoms with E-state index in [1.54, 1.807) is 6.20 Å². The van der Waals surface area contributed by atoms with E-state index in [-0.39, 0.29) is 6.61 Å². The first-order chi connectivity index (χ1) is 12.8. The maximum Gasteiger partial charge on any atom is 0.160 e. The van der Waals surface area contributed by atoms with Gasteiger partial charge in [0.25, 0.3) is 0 Å². The Labute approximate surface area is 153 Å². The van der Waals surface area contributed by atoms with Crippen molar-refractivity contribution < 1.29 is 5.11 Å². The van der Waals surface area contributed by atoms with E-state index in [1.165, 1.54) is 12.8 Å². The number of rotatable bonds is 5. The van der Waals surface area contributed by atoms with Gasteiger partial charge in [-0.15, -0.1) is 0 Å². The van der Waals surface area contributed by atoms with Crippen LogP contribution in [0.1, 0.15) is 48.4 Å². The molecule has 0 saturated heterocycles. The van der Waals surface area contributed by atoms with Gasteiger partial charge in [0.05, 0.1) is 11.9 Å². The first kappa shape index (κ1) is 17.0. The molecule has 1 fully saturated rings. The SMILES string of the molecule is Cc1cnn2c(NCc3cccnc3)cc([C@@H]3CCCC[C@@H]3CO)nc12. The molecule has 0 radical (unpaired) electrons. The van der Waals surface area contributed by atoms with Crippen molar-refractivity contribution in [3.8, 4) is 0 Å². The van der Waals surface area contributed by atoms with E-state index >= 15 is 0 Å². The molecule has 1 saturated carbocycles. The van der Waals surface area contributed by atoms with Crippen molar-refractivity contribution in [1.82, 2.24) is 19.6 Å². The highest BCUT2D eigenvalue weighted by atomic mass is 16.3. The van der Waals surface area contributed by atoms with Crippen LogP contribution in [0.2, 0.25) is 0 Å². The third-order valence-electron chi connectivity index (χ3n) is 5.39. The maximum absolute atomic E-state index is 9.80. The second kappa shape index (κ2) is 7.41. The summed E-state index contributed by atoms with van der Waals surface area (Å²) in [5.74, 6) is 1.55. The molecule has 2 atom stereocenters. The molecule has 0 unspecified atom stereocenters. The number of nitrogens with zero attached hydrogens (tertiary/aromatic N) is 4. The fourth-order valence-electron chi connectivity index (χ4n) is 3.92. The van der Waals surface area contributed by atoms with Crippen LogP contribution in [-0.4, -0.2) is 31.3 Å². The number of aliphatic hydroxyl groups is 1. The summed E-state index contributed by atoms with van der Waals surface area (Å²) in [5.41, 5.74) is 4.13. The molecule has 0 spiro atoms. The molecule has 3 heterocycles. The lowest BCUT2D eigenvalue weighted by Gasteiger charge is -2.30. The minimum absolute atomic E-state index is 0.230. The number of aliphatic hydroxyl groups excluding tert-OH is 1. The van der Waals surface area contributed by atoms with Gasteiger partial charge in [-0.25, -0.2) is 4.98 Å². The number of anilines is 1. The molecule has 0 bridgehead atoms. The summed E-state index contributed by atoms with van der Waals surface area (Å²) in [6.07, 6.45) is 10.1. The number of nitrogens with one attached hydrogen (secondary N) is 1. The summed E-state index contributed by atoms with van der Waals surface area (Å²) < 4.78 is 1.87. The highest BCUT2D eigenvalue weighted by Crippen LogP contribution is 2.37. The second-order valence-electron chi connectivity index (χ2n) is 7.18. The Kier molecular flexibility index (Phi) is 4.84. The fraction of sp³-hybridized carbons (Fsp3) is 0.450. The predicted octanol–water partition coefficient (Wildman–Crippen LogP) is 3.31. The van der Waals surface area contributed by atoms with E-state index in [1.807, 2.05) is 29.9 Å². The van der Waals surface area contributed by atoms with Gasteiger partial charge in [0, 0.05) is 43.1 Å². The second-order valence-corrected chi connectivity index (χ2v) is 7.18. The lowest BCUT2D eigenvalue weighted by molar-refractivity contribution is 0.168. The molecule has 4 rings (SSSR count). The van der Waals surface area contributed by atoms with Crippen LogP contribution >= 0.6 is 0 Å². The van der Waals surface area contributed by atoms with E-state index in [4.69, 9.17) is 4.98 Å². The number of aryl methyl sites for hydroxylation is 1. The lowest BCUT2D eigenvalue weighted by Crippen LogP contribution is -2.22. The van der Waals surface area contributed by atoms with Crippen LogP contribution < -0.4 is 5.32 Å². The standard InChI is InChI=1S/C20H25N5O/c1-14-10-23-25-19(22-12-15-5-4-8-21-11-15)9-18(24-20(14)25)17-7-3-2-6-16(17)13-26/h4-5,8-11,16-17,22,26H,2-3,6-7,12-13H2,1H3/t16-,17-/m1/s1. The van der Waals surface area contributed by atoms with Crippen LogP contribution in [0.5, 0.6) is 0 Å². The number of hydrogen-bond donors (Lipinski definition) is 2. The van der Waals surface area contributed by atoms with Gasteiger partial charge in [-0.1, -0.05) is 18.9 Å². The van der Waals surface area contributed by atoms with Crippen LogP contribution in [0.3, 0.4) is 0 Å². The molecule has 0 amide bonds. The molecule has 26 heavy (non-hydrogen) atoms. The molecule has 6 nitrogen and oxygen atoms in total. The van der Waals surface area contributed by atoms with E-state index < -0.39 is 0 Å². The molecule has 1 aliphatic carbocycles. The highest BCUT2D eigenvalue weighted by molar-refractivity contribution is 5.54. The molecule has 1 aliphatic rings. The van der Waals surface area contributed by atoms with Crippen LogP contribution in [-0.2, 0) is 6.54 Å². The number of hydrogen-bond acceptors (Lipinski definition) is 5. The Morgan fingerprint density at radius 1 is 1.27 bits per heavy atom. The Balaban J connectivity index is 1.69. The fourth-order valence-corrected chi connectivity index (χ4v) is 3.92. The highest BCUT2D eigenvalue weighted by Gasteiger charge is 2.28. The predicted molar refractivity (Wildman–Crippen MR) is 101 cm³/mol. The monoisotopic (exact) mass is 351 g/mol. The van der Waals surface area contributed by atoms with Crippen molar-refractivity contribution >= 4 is 11.5 Å². The Morgan fingerprint density at radius 2 is 2.15 bits per heavy atom. The Hall–Kier alpha value is -2.47. The molecule has 3 aromatic heterocycles. The van der Waals surface area contributed by atoms with Crippen molar-refractivity contribution in [3.05, 3.63) is 53.6 Å². The van der Waals surface area contributed by atoms with Crippen molar-refractivity contribution in [2.75, 3.05) is 11.9 Å². The minimum atomic E-state index is 0.230. The summed E-state index contributed by atoms with van der Waals surface area (Å²) in [6, 6.07) is 6.10. The molecule has 0 aliphatic heterocycles. The summed E-state index contributed by atoms with van der Waals surface area (Å²) in [5, 5.41) is 17.8. The zero-order valence-corrected chi connectivity index (χ0v) is 15.1. The molecule has 2 N–H and O–H groups in total. The quantitative estimate of drug-likeness (QED) is 0.737. The normalized spacial score (nSPS) is 20.4. The molecular weight excluding hydrogens is 326 g/mol. The van der Waals surface area contributed by atoms with E-state index in [0.717, 1.165) is 41.1 Å². The number of pyridine rings is 1. The molecular formula is C20H25N5O. The summed E-state index contributed by atoms with van der Waals surface area (Å²) in [4.78, 5) is 9.08. The lowest BCUT2D eigenvalue weighted by atomic mass is 9.78. The first-order valence-electron chi connectivity index (χ1n) is 9.35. The number of aromatic nitrogens is 4. The van der Waals surface area contributed by atoms with Crippen molar-refractivity contribution in [1.29, 1.82) is 0 Å². The van der Waals surface area contributed by atoms with E-state index in [0.29, 0.717) is 18.4 Å². The van der Waals surface area contributed by atoms with E-state index in [2.05, 4.69) is 27.5 Å². The van der Waals surface area contributed by atoms with Gasteiger partial charge in [-0.05, 0) is 37.3 Å². The van der Waals surface area contributed by atoms with Crippen LogP contribution in [0.25, 0.3) is 5.65 Å². The van der Waals surface area contributed by atoms with Crippen LogP contribution in [0, 0.1) is 12.8 Å². The topological polar surface area (TPSA) is 75.3 Å². The summed E-state index contributed by atoms with van der Waals surface area (Å²) in [7, 11) is 0. The average molecular weight is 351 g/mol. The number of fused-ring (bicyclic) bond motifs is 1. The Bertz CT molecular complexity index is 877. The van der Waals surface area contributed by atoms with Gasteiger partial charge in [-0.2, -0.15) is 9.61 Å². The molecule has 136 valence electrons. The van der Waals surface area contributed by atoms with Crippen LogP contribution in [0.15, 0.2) is 36.8 Å². The zero-order valence-electron chi connectivity index (χ0n) is 15.1. The molecule has 0 aromatic carbocycles. The maximum atomic E-state index is 9.80. The van der Waals surface area contributed by atoms with Crippen molar-refractivity contribution in [2.24, 2.45) is 5.92 Å². The van der Waals surface area contributed by atoms with Gasteiger partial charge in [-0.3, -0.25) is 4.98 Å². The third kappa shape index (κ3) is 3.29. The average Bonchev–Trinajstić information content (AvgIpc) is 3.08. The van der Waals surface area contributed by atoms with Gasteiger partial charge in [0.1, 0.15) is 5.82 Å². The smallest absolute Gasteiger partial charge is 0.160 e. The third-order valence-corrected chi connectivity index (χ3v) is 5.39. The summed E-state index contributed by atoms with van der Waals surface area (Å²) in [6.45, 7) is 2.95. The zero-order chi connectivity index (χ0) is 17.9. The largest absolute Gasteiger partial charge is 0.396 e. The summed E-state index contributed by atoms with van der Waals surface area (Å²) >= 11 is 0. The van der Waals surface area contributed by atoms with Gasteiger partial charge in [0.15, 0.2) is 5.65 Å². The molecule has 3 aromatic rings. The van der Waals surface area contributed by atoms with Crippen molar-refractivity contribution in [3.63, 3.8) is 0 Å². The Morgan fingerprint density at radius 3 is 2.96 bits per heavy atom. The first-order valence-corrected chi connectivity index (χ1v) is 9.35. The van der Waals surface area contributed by atoms with Gasteiger partial charge >= 0.3 is 0 Å². The van der Waals surface area contributed by atoms with E-state index in [9.17, 15) is 5.11 Å². The van der Waals surface area contributed by atoms with Crippen LogP contribution in [0.4, 0.5) is 5.82 Å². The van der Waals surface area contributed by atoms with Crippen molar-refractivity contribution in [2.45, 2.75) is 45.1 Å².